The number of rotatable bonds is 6. The zero-order chi connectivity index (χ0) is 47.7. The smallest absolute Gasteiger partial charge is 0.0725 e. The Bertz CT molecular complexity index is 4150. The molecule has 0 radical (unpaired) electrons. The van der Waals surface area contributed by atoms with Crippen LogP contribution in [0.5, 0.6) is 0 Å². The van der Waals surface area contributed by atoms with Crippen molar-refractivity contribution in [2.75, 3.05) is 4.90 Å². The fraction of sp³-hybridized carbons (Fsp3) is 0.0571. The molecule has 11 aromatic carbocycles. The van der Waals surface area contributed by atoms with Crippen LogP contribution in [0.1, 0.15) is 47.2 Å². The third kappa shape index (κ3) is 5.82. The van der Waals surface area contributed by atoms with Crippen molar-refractivity contribution in [1.29, 1.82) is 0 Å². The van der Waals surface area contributed by atoms with E-state index < -0.39 is 5.41 Å². The molecule has 338 valence electrons. The molecule has 1 spiro atoms. The van der Waals surface area contributed by atoms with Gasteiger partial charge in [-0.3, -0.25) is 0 Å². The second-order valence-electron chi connectivity index (χ2n) is 20.3. The van der Waals surface area contributed by atoms with Crippen LogP contribution in [-0.4, -0.2) is 0 Å². The molecule has 0 aliphatic heterocycles. The lowest BCUT2D eigenvalue weighted by Crippen LogP contribution is -2.25. The molecular weight excluding hydrogens is 887 g/mol. The van der Waals surface area contributed by atoms with Crippen molar-refractivity contribution in [2.45, 2.75) is 24.7 Å². The Kier molecular flexibility index (Phi) is 8.86. The Hall–Kier alpha value is -8.56. The predicted molar refractivity (Wildman–Crippen MR) is 304 cm³/mol. The van der Waals surface area contributed by atoms with Gasteiger partial charge in [-0.05, 0) is 161 Å². The molecular formula is C70H47NS. The Morgan fingerprint density at radius 3 is 1.57 bits per heavy atom. The Morgan fingerprint density at radius 2 is 0.819 bits per heavy atom. The highest BCUT2D eigenvalue weighted by Gasteiger charge is 2.52. The van der Waals surface area contributed by atoms with Crippen LogP contribution in [0, 0.1) is 0 Å². The molecule has 3 aliphatic rings. The molecule has 0 amide bonds. The second kappa shape index (κ2) is 15.5. The highest BCUT2D eigenvalue weighted by molar-refractivity contribution is 7.25. The fourth-order valence-electron chi connectivity index (χ4n) is 13.1. The summed E-state index contributed by atoms with van der Waals surface area (Å²) in [5, 5.41) is 2.60. The molecule has 2 heteroatoms. The number of hydrogen-bond acceptors (Lipinski definition) is 2. The average molecular weight is 934 g/mol. The van der Waals surface area contributed by atoms with Crippen molar-refractivity contribution in [3.05, 3.63) is 282 Å². The summed E-state index contributed by atoms with van der Waals surface area (Å²) in [4.78, 5) is 2.50. The van der Waals surface area contributed by atoms with Crippen LogP contribution in [0.25, 0.3) is 86.9 Å². The summed E-state index contributed by atoms with van der Waals surface area (Å²) < 4.78 is 2.62. The monoisotopic (exact) mass is 933 g/mol. The molecule has 0 atom stereocenters. The molecule has 0 saturated carbocycles. The Labute approximate surface area is 424 Å². The van der Waals surface area contributed by atoms with E-state index in [-0.39, 0.29) is 5.41 Å². The van der Waals surface area contributed by atoms with Crippen LogP contribution in [0.3, 0.4) is 0 Å². The molecule has 12 aromatic rings. The van der Waals surface area contributed by atoms with Crippen LogP contribution in [0.15, 0.2) is 249 Å². The summed E-state index contributed by atoms with van der Waals surface area (Å²) in [5.41, 5.74) is 25.9. The first-order valence-electron chi connectivity index (χ1n) is 25.2. The summed E-state index contributed by atoms with van der Waals surface area (Å²) >= 11 is 1.87. The summed E-state index contributed by atoms with van der Waals surface area (Å²) in [6.07, 6.45) is 0. The van der Waals surface area contributed by atoms with Gasteiger partial charge in [0.15, 0.2) is 0 Å². The van der Waals surface area contributed by atoms with Gasteiger partial charge in [-0.15, -0.1) is 11.3 Å². The number of fused-ring (bicyclic) bond motifs is 16. The highest BCUT2D eigenvalue weighted by atomic mass is 32.1. The molecule has 0 bridgehead atoms. The molecule has 15 rings (SSSR count). The van der Waals surface area contributed by atoms with E-state index in [1.54, 1.807) is 0 Å². The van der Waals surface area contributed by atoms with Crippen molar-refractivity contribution in [1.82, 2.24) is 0 Å². The van der Waals surface area contributed by atoms with E-state index in [1.807, 2.05) is 11.3 Å². The van der Waals surface area contributed by atoms with Crippen molar-refractivity contribution in [3.63, 3.8) is 0 Å². The van der Waals surface area contributed by atoms with E-state index in [4.69, 9.17) is 0 Å². The Balaban J connectivity index is 0.999. The number of hydrogen-bond donors (Lipinski definition) is 0. The summed E-state index contributed by atoms with van der Waals surface area (Å²) in [7, 11) is 0. The summed E-state index contributed by atoms with van der Waals surface area (Å²) in [6, 6.07) is 93.8. The Morgan fingerprint density at radius 1 is 0.292 bits per heavy atom. The summed E-state index contributed by atoms with van der Waals surface area (Å²) in [6.45, 7) is 4.76. The largest absolute Gasteiger partial charge is 0.310 e. The van der Waals surface area contributed by atoms with Gasteiger partial charge in [0.2, 0.25) is 0 Å². The maximum atomic E-state index is 2.50. The highest BCUT2D eigenvalue weighted by Crippen LogP contribution is 2.64. The van der Waals surface area contributed by atoms with Crippen molar-refractivity contribution >= 4 is 48.6 Å². The first-order valence-corrected chi connectivity index (χ1v) is 26.0. The van der Waals surface area contributed by atoms with Gasteiger partial charge in [-0.2, -0.15) is 0 Å². The number of benzene rings is 11. The summed E-state index contributed by atoms with van der Waals surface area (Å²) in [5.74, 6) is 0. The molecule has 1 aromatic heterocycles. The minimum Gasteiger partial charge on any atom is -0.310 e. The molecule has 0 N–H and O–H groups in total. The minimum atomic E-state index is -0.443. The van der Waals surface area contributed by atoms with Crippen LogP contribution < -0.4 is 4.90 Å². The lowest BCUT2D eigenvalue weighted by atomic mass is 9.70. The second-order valence-corrected chi connectivity index (χ2v) is 21.4. The zero-order valence-corrected chi connectivity index (χ0v) is 40.8. The van der Waals surface area contributed by atoms with E-state index in [0.717, 1.165) is 17.1 Å². The van der Waals surface area contributed by atoms with E-state index in [9.17, 15) is 0 Å². The predicted octanol–water partition coefficient (Wildman–Crippen LogP) is 19.2. The van der Waals surface area contributed by atoms with Crippen LogP contribution >= 0.6 is 11.3 Å². The van der Waals surface area contributed by atoms with Gasteiger partial charge in [0.05, 0.1) is 5.41 Å². The molecule has 0 fully saturated rings. The van der Waals surface area contributed by atoms with Crippen LogP contribution in [0.2, 0.25) is 0 Å². The minimum absolute atomic E-state index is 0.165. The quantitative estimate of drug-likeness (QED) is 0.161. The van der Waals surface area contributed by atoms with Crippen molar-refractivity contribution < 1.29 is 0 Å². The van der Waals surface area contributed by atoms with Crippen LogP contribution in [-0.2, 0) is 10.8 Å². The topological polar surface area (TPSA) is 3.24 Å². The number of nitrogens with zero attached hydrogens (tertiary/aromatic N) is 1. The van der Waals surface area contributed by atoms with Gasteiger partial charge in [-0.1, -0.05) is 202 Å². The SMILES string of the molecule is CC1(C)c2ccccc2-c2ccc(N(c3ccc(-c4ccccc4)cc3)c3cc(-c4ccc5sc6ccccc6c5c4)cc(-c4cccc5c4-c4ccccc4C54c5ccccc5-c5ccccc54)c3)cc21. The lowest BCUT2D eigenvalue weighted by molar-refractivity contribution is 0.660. The van der Waals surface area contributed by atoms with Gasteiger partial charge in [-0.25, -0.2) is 0 Å². The molecule has 1 nitrogen and oxygen atoms in total. The van der Waals surface area contributed by atoms with Gasteiger partial charge >= 0.3 is 0 Å². The van der Waals surface area contributed by atoms with Gasteiger partial charge < -0.3 is 4.90 Å². The number of anilines is 3. The molecule has 0 saturated heterocycles. The van der Waals surface area contributed by atoms with Gasteiger partial charge in [0, 0.05) is 42.6 Å². The maximum absolute atomic E-state index is 2.50. The lowest BCUT2D eigenvalue weighted by Gasteiger charge is -2.30. The third-order valence-corrected chi connectivity index (χ3v) is 17.4. The van der Waals surface area contributed by atoms with Gasteiger partial charge in [0.25, 0.3) is 0 Å². The maximum Gasteiger partial charge on any atom is 0.0725 e. The van der Waals surface area contributed by atoms with E-state index >= 15 is 0 Å². The first kappa shape index (κ1) is 41.2. The van der Waals surface area contributed by atoms with E-state index in [0.29, 0.717) is 0 Å². The van der Waals surface area contributed by atoms with E-state index in [2.05, 4.69) is 267 Å². The first-order chi connectivity index (χ1) is 35.4. The normalized spacial score (nSPS) is 13.9. The van der Waals surface area contributed by atoms with Crippen molar-refractivity contribution in [2.24, 2.45) is 0 Å². The third-order valence-electron chi connectivity index (χ3n) is 16.3. The zero-order valence-electron chi connectivity index (χ0n) is 40.0. The molecule has 0 unspecified atom stereocenters. The fourth-order valence-corrected chi connectivity index (χ4v) is 14.2. The number of thiophene rings is 1. The standard InChI is InChI=1S/C70H47NS/c1-69(2)60-25-11-6-19-53(60)56-37-36-50(43-65(56)69)71(49-34-31-45(32-35-49)44-17-4-3-5-18-44)51-40-47(46-33-38-67-59(42-46)57-22-10-15-30-66(57)72-67)39-48(41-51)52-24-16-29-64-68(52)58-23-9-14-28-63(58)70(64)61-26-12-7-20-54(61)55-21-8-13-27-62(55)70/h3-43H,1-2H3. The van der Waals surface area contributed by atoms with Crippen molar-refractivity contribution in [3.8, 4) is 66.8 Å². The molecule has 1 heterocycles. The van der Waals surface area contributed by atoms with Gasteiger partial charge in [0.1, 0.15) is 0 Å². The van der Waals surface area contributed by atoms with E-state index in [1.165, 1.54) is 120 Å². The molecule has 3 aliphatic carbocycles. The average Bonchev–Trinajstić information content (AvgIpc) is 4.14. The van der Waals surface area contributed by atoms with Crippen LogP contribution in [0.4, 0.5) is 17.1 Å². The molecule has 72 heavy (non-hydrogen) atoms.